The Hall–Kier alpha value is -3.54. The summed E-state index contributed by atoms with van der Waals surface area (Å²) in [7, 11) is 1.62. The molecule has 3 aromatic carbocycles. The molecule has 4 rings (SSSR count). The zero-order valence-electron chi connectivity index (χ0n) is 17.4. The summed E-state index contributed by atoms with van der Waals surface area (Å²) >= 11 is 0. The minimum absolute atomic E-state index is 0.0556. The Bertz CT molecular complexity index is 1040. The molecule has 5 nitrogen and oxygen atoms in total. The zero-order valence-corrected chi connectivity index (χ0v) is 17.4. The molecule has 31 heavy (non-hydrogen) atoms. The van der Waals surface area contributed by atoms with Crippen LogP contribution in [0.2, 0.25) is 0 Å². The summed E-state index contributed by atoms with van der Waals surface area (Å²) in [6.45, 7) is 1.40. The normalized spacial score (nSPS) is 15.0. The molecule has 1 heterocycles. The Morgan fingerprint density at radius 3 is 2.71 bits per heavy atom. The van der Waals surface area contributed by atoms with Gasteiger partial charge in [0.25, 0.3) is 0 Å². The number of nitrogens with zero attached hydrogens (tertiary/aromatic N) is 1. The lowest BCUT2D eigenvalue weighted by molar-refractivity contribution is -0.121. The highest BCUT2D eigenvalue weighted by Crippen LogP contribution is 2.35. The van der Waals surface area contributed by atoms with E-state index >= 15 is 0 Å². The van der Waals surface area contributed by atoms with Crippen molar-refractivity contribution < 1.29 is 18.7 Å². The molecule has 3 aromatic rings. The first-order valence-corrected chi connectivity index (χ1v) is 10.2. The predicted molar refractivity (Wildman–Crippen MR) is 118 cm³/mol. The second-order valence-electron chi connectivity index (χ2n) is 7.52. The molecule has 6 heteroatoms. The number of carbonyl (C=O) groups is 1. The van der Waals surface area contributed by atoms with Gasteiger partial charge in [-0.05, 0) is 47.5 Å². The zero-order chi connectivity index (χ0) is 21.6. The molecule has 0 aromatic heterocycles. The van der Waals surface area contributed by atoms with Crippen LogP contribution in [0.1, 0.15) is 17.5 Å². The van der Waals surface area contributed by atoms with Crippen LogP contribution in [0, 0.1) is 5.82 Å². The summed E-state index contributed by atoms with van der Waals surface area (Å²) in [6.07, 6.45) is 0.291. The molecule has 0 bridgehead atoms. The smallest absolute Gasteiger partial charge is 0.222 e. The van der Waals surface area contributed by atoms with Crippen molar-refractivity contribution in [3.8, 4) is 11.5 Å². The lowest BCUT2D eigenvalue weighted by atomic mass is 10.1. The highest BCUT2D eigenvalue weighted by Gasteiger charge is 2.29. The highest BCUT2D eigenvalue weighted by molar-refractivity contribution is 5.77. The monoisotopic (exact) mass is 420 g/mol. The number of benzene rings is 3. The van der Waals surface area contributed by atoms with Gasteiger partial charge in [0, 0.05) is 13.1 Å². The van der Waals surface area contributed by atoms with E-state index in [9.17, 15) is 9.18 Å². The molecule has 0 aliphatic carbocycles. The summed E-state index contributed by atoms with van der Waals surface area (Å²) in [4.78, 5) is 14.9. The molecule has 0 unspecified atom stereocenters. The van der Waals surface area contributed by atoms with Gasteiger partial charge in [-0.2, -0.15) is 0 Å². The third-order valence-corrected chi connectivity index (χ3v) is 5.36. The maximum Gasteiger partial charge on any atom is 0.222 e. The third kappa shape index (κ3) is 5.15. The van der Waals surface area contributed by atoms with Gasteiger partial charge in [0.05, 0.1) is 25.3 Å². The van der Waals surface area contributed by atoms with E-state index in [1.807, 2.05) is 48.5 Å². The lowest BCUT2D eigenvalue weighted by Crippen LogP contribution is -2.45. The summed E-state index contributed by atoms with van der Waals surface area (Å²) in [5, 5.41) is 2.99. The number of ether oxygens (including phenoxy) is 2. The maximum absolute atomic E-state index is 13.3. The lowest BCUT2D eigenvalue weighted by Gasteiger charge is -2.38. The second kappa shape index (κ2) is 9.51. The summed E-state index contributed by atoms with van der Waals surface area (Å²) in [5.74, 6) is 1.23. The van der Waals surface area contributed by atoms with Gasteiger partial charge in [0.15, 0.2) is 0 Å². The van der Waals surface area contributed by atoms with Gasteiger partial charge < -0.3 is 19.7 Å². The molecule has 1 N–H and O–H groups in total. The highest BCUT2D eigenvalue weighted by atomic mass is 19.1. The van der Waals surface area contributed by atoms with Gasteiger partial charge in [-0.15, -0.1) is 0 Å². The number of anilines is 1. The van der Waals surface area contributed by atoms with E-state index in [2.05, 4.69) is 10.2 Å². The largest absolute Gasteiger partial charge is 0.497 e. The van der Waals surface area contributed by atoms with E-state index in [0.29, 0.717) is 26.1 Å². The molecule has 0 radical (unpaired) electrons. The van der Waals surface area contributed by atoms with Gasteiger partial charge >= 0.3 is 0 Å². The fourth-order valence-corrected chi connectivity index (χ4v) is 3.73. The van der Waals surface area contributed by atoms with Gasteiger partial charge in [0.1, 0.15) is 23.9 Å². The van der Waals surface area contributed by atoms with E-state index < -0.39 is 0 Å². The minimum Gasteiger partial charge on any atom is -0.497 e. The van der Waals surface area contributed by atoms with Crippen molar-refractivity contribution >= 4 is 11.6 Å². The molecular formula is C25H25FN2O3. The fraction of sp³-hybridized carbons (Fsp3) is 0.240. The molecule has 0 fully saturated rings. The van der Waals surface area contributed by atoms with Gasteiger partial charge in [-0.1, -0.05) is 36.4 Å². The summed E-state index contributed by atoms with van der Waals surface area (Å²) in [6, 6.07) is 21.7. The van der Waals surface area contributed by atoms with Crippen molar-refractivity contribution in [3.05, 3.63) is 89.7 Å². The van der Waals surface area contributed by atoms with Crippen LogP contribution in [0.3, 0.4) is 0 Å². The number of amides is 1. The number of nitrogens with one attached hydrogen (secondary N) is 1. The molecule has 160 valence electrons. The van der Waals surface area contributed by atoms with E-state index in [1.165, 1.54) is 12.1 Å². The Labute approximate surface area is 181 Å². The van der Waals surface area contributed by atoms with E-state index in [0.717, 1.165) is 28.3 Å². The first-order chi connectivity index (χ1) is 15.1. The standard InChI is InChI=1S/C25H25FN2O3/c1-30-22-6-4-5-19(13-22)15-27-25(29)14-21-17-31-24-8-3-2-7-23(24)28(21)16-18-9-11-20(26)12-10-18/h2-13,21H,14-17H2,1H3,(H,27,29)/t21-/m1/s1. The number of para-hydroxylation sites is 2. The van der Waals surface area contributed by atoms with Crippen molar-refractivity contribution in [3.63, 3.8) is 0 Å². The van der Waals surface area contributed by atoms with E-state index in [-0.39, 0.29) is 17.8 Å². The van der Waals surface area contributed by atoms with Crippen molar-refractivity contribution in [1.29, 1.82) is 0 Å². The number of methoxy groups -OCH3 is 1. The predicted octanol–water partition coefficient (Wildman–Crippen LogP) is 4.31. The Kier molecular flexibility index (Phi) is 6.36. The molecular weight excluding hydrogens is 395 g/mol. The van der Waals surface area contributed by atoms with Crippen LogP contribution in [-0.2, 0) is 17.9 Å². The number of carbonyl (C=O) groups excluding carboxylic acids is 1. The molecule has 0 spiro atoms. The van der Waals surface area contributed by atoms with Crippen LogP contribution in [0.5, 0.6) is 11.5 Å². The topological polar surface area (TPSA) is 50.8 Å². The van der Waals surface area contributed by atoms with Crippen LogP contribution in [0.15, 0.2) is 72.8 Å². The van der Waals surface area contributed by atoms with Crippen LogP contribution >= 0.6 is 0 Å². The summed E-state index contributed by atoms with van der Waals surface area (Å²) < 4.78 is 24.5. The van der Waals surface area contributed by atoms with Crippen LogP contribution in [0.4, 0.5) is 10.1 Å². The van der Waals surface area contributed by atoms with Gasteiger partial charge in [0.2, 0.25) is 5.91 Å². The van der Waals surface area contributed by atoms with Gasteiger partial charge in [-0.3, -0.25) is 4.79 Å². The number of hydrogen-bond acceptors (Lipinski definition) is 4. The molecule has 1 amide bonds. The average molecular weight is 420 g/mol. The maximum atomic E-state index is 13.3. The number of rotatable bonds is 7. The number of fused-ring (bicyclic) bond motifs is 1. The van der Waals surface area contributed by atoms with Crippen LogP contribution in [0.25, 0.3) is 0 Å². The van der Waals surface area contributed by atoms with Crippen molar-refractivity contribution in [2.45, 2.75) is 25.6 Å². The Morgan fingerprint density at radius 1 is 1.10 bits per heavy atom. The van der Waals surface area contributed by atoms with Crippen LogP contribution in [-0.4, -0.2) is 25.7 Å². The molecule has 0 saturated heterocycles. The quantitative estimate of drug-likeness (QED) is 0.619. The number of hydrogen-bond donors (Lipinski definition) is 1. The van der Waals surface area contributed by atoms with Crippen LogP contribution < -0.4 is 19.7 Å². The van der Waals surface area contributed by atoms with Crippen molar-refractivity contribution in [2.75, 3.05) is 18.6 Å². The Balaban J connectivity index is 1.46. The van der Waals surface area contributed by atoms with E-state index in [4.69, 9.17) is 9.47 Å². The second-order valence-corrected chi connectivity index (χ2v) is 7.52. The number of halogens is 1. The average Bonchev–Trinajstić information content (AvgIpc) is 2.80. The molecule has 0 saturated carbocycles. The SMILES string of the molecule is COc1cccc(CNC(=O)C[C@@H]2COc3ccccc3N2Cc2ccc(F)cc2)c1. The molecule has 1 atom stereocenters. The summed E-state index contributed by atoms with van der Waals surface area (Å²) in [5.41, 5.74) is 2.88. The third-order valence-electron chi connectivity index (χ3n) is 5.36. The van der Waals surface area contributed by atoms with Gasteiger partial charge in [-0.25, -0.2) is 4.39 Å². The first-order valence-electron chi connectivity index (χ1n) is 10.2. The molecule has 1 aliphatic heterocycles. The first kappa shape index (κ1) is 20.7. The van der Waals surface area contributed by atoms with Crippen molar-refractivity contribution in [1.82, 2.24) is 5.32 Å². The Morgan fingerprint density at radius 2 is 1.90 bits per heavy atom. The molecule has 1 aliphatic rings. The van der Waals surface area contributed by atoms with E-state index in [1.54, 1.807) is 19.2 Å². The fourth-order valence-electron chi connectivity index (χ4n) is 3.73. The minimum atomic E-state index is -0.264. The van der Waals surface area contributed by atoms with Crippen molar-refractivity contribution in [2.24, 2.45) is 0 Å².